The van der Waals surface area contributed by atoms with Crippen molar-refractivity contribution in [2.24, 2.45) is 0 Å². The summed E-state index contributed by atoms with van der Waals surface area (Å²) in [5.74, 6) is 3.83. The molecule has 0 aromatic heterocycles. The van der Waals surface area contributed by atoms with Crippen LogP contribution in [0.2, 0.25) is 0 Å². The maximum Gasteiger partial charge on any atom is 0.864 e. The minimum atomic E-state index is -0.838. The highest BCUT2D eigenvalue weighted by atomic mass is 16.8. The van der Waals surface area contributed by atoms with Gasteiger partial charge in [0, 0.05) is 30.9 Å². The summed E-state index contributed by atoms with van der Waals surface area (Å²) in [6.07, 6.45) is 0.834. The molecule has 46 heavy (non-hydrogen) atoms. The molecule has 2 heterocycles. The second-order valence-corrected chi connectivity index (χ2v) is 14.0. The van der Waals surface area contributed by atoms with Crippen molar-refractivity contribution < 1.29 is 14.0 Å². The Morgan fingerprint density at radius 2 is 1.04 bits per heavy atom. The predicted molar refractivity (Wildman–Crippen MR) is 195 cm³/mol. The van der Waals surface area contributed by atoms with Gasteiger partial charge < -0.3 is 23.7 Å². The van der Waals surface area contributed by atoms with Crippen molar-refractivity contribution in [3.05, 3.63) is 107 Å². The number of para-hydroxylation sites is 5. The topological polar surface area (TPSA) is 34.2 Å². The van der Waals surface area contributed by atoms with Crippen LogP contribution in [0.1, 0.15) is 101 Å². The summed E-state index contributed by atoms with van der Waals surface area (Å²) in [5.41, 5.74) is 9.52. The van der Waals surface area contributed by atoms with E-state index >= 15 is 0 Å². The predicted octanol–water partition coefficient (Wildman–Crippen LogP) is 8.78. The van der Waals surface area contributed by atoms with Gasteiger partial charge in [-0.15, -0.1) is 0 Å². The van der Waals surface area contributed by atoms with Crippen LogP contribution in [0.4, 0.5) is 11.4 Å². The van der Waals surface area contributed by atoms with Crippen LogP contribution in [0.25, 0.3) is 0 Å². The molecule has 0 N–H and O–H groups in total. The van der Waals surface area contributed by atoms with E-state index in [1.807, 2.05) is 30.3 Å². The zero-order valence-corrected chi connectivity index (χ0v) is 28.8. The summed E-state index contributed by atoms with van der Waals surface area (Å²) < 4.78 is 18.7. The molecular formula is C39H48B2N2O3. The average Bonchev–Trinajstić information content (AvgIpc) is 3.46. The third-order valence-electron chi connectivity index (χ3n) is 9.47. The van der Waals surface area contributed by atoms with Gasteiger partial charge in [0.2, 0.25) is 0 Å². The third-order valence-corrected chi connectivity index (χ3v) is 9.47. The van der Waals surface area contributed by atoms with Crippen molar-refractivity contribution in [2.45, 2.75) is 79.1 Å². The van der Waals surface area contributed by atoms with Gasteiger partial charge in [-0.1, -0.05) is 122 Å². The Balaban J connectivity index is 1.47. The lowest BCUT2D eigenvalue weighted by molar-refractivity contribution is 0.353. The zero-order chi connectivity index (χ0) is 32.5. The molecule has 0 saturated carbocycles. The Morgan fingerprint density at radius 3 is 1.57 bits per heavy atom. The molecule has 1 saturated heterocycles. The van der Waals surface area contributed by atoms with Crippen LogP contribution in [0.15, 0.2) is 84.9 Å². The maximum absolute atomic E-state index is 6.56. The summed E-state index contributed by atoms with van der Waals surface area (Å²) >= 11 is 0. The normalized spacial score (nSPS) is 14.8. The molecule has 2 aliphatic heterocycles. The first-order valence-electron chi connectivity index (χ1n) is 17.1. The number of hydrogen-bond acceptors (Lipinski definition) is 5. The van der Waals surface area contributed by atoms with Crippen molar-refractivity contribution in [1.29, 1.82) is 0 Å². The molecule has 0 amide bonds. The van der Waals surface area contributed by atoms with E-state index in [9.17, 15) is 0 Å². The summed E-state index contributed by atoms with van der Waals surface area (Å²) in [5, 5.41) is 0. The van der Waals surface area contributed by atoms with Gasteiger partial charge >= 0.3 is 14.2 Å². The van der Waals surface area contributed by atoms with E-state index in [4.69, 9.17) is 14.0 Å². The molecule has 0 atom stereocenters. The summed E-state index contributed by atoms with van der Waals surface area (Å²) in [6, 6.07) is 29.9. The molecule has 4 aromatic rings. The lowest BCUT2D eigenvalue weighted by Crippen LogP contribution is -2.63. The van der Waals surface area contributed by atoms with E-state index in [-0.39, 0.29) is 6.85 Å². The monoisotopic (exact) mass is 614 g/mol. The highest BCUT2D eigenvalue weighted by Crippen LogP contribution is 2.40. The number of benzene rings is 4. The van der Waals surface area contributed by atoms with Crippen LogP contribution in [0.3, 0.4) is 0 Å². The highest BCUT2D eigenvalue weighted by Gasteiger charge is 2.42. The second kappa shape index (κ2) is 13.4. The van der Waals surface area contributed by atoms with Crippen LogP contribution >= 0.6 is 0 Å². The Labute approximate surface area is 277 Å². The summed E-state index contributed by atoms with van der Waals surface area (Å²) in [7, 11) is -0.838. The minimum absolute atomic E-state index is 0.0337. The van der Waals surface area contributed by atoms with Crippen molar-refractivity contribution in [1.82, 2.24) is 0 Å². The quantitative estimate of drug-likeness (QED) is 0.176. The molecule has 238 valence electrons. The molecule has 5 nitrogen and oxygen atoms in total. The van der Waals surface area contributed by atoms with E-state index < -0.39 is 7.32 Å². The van der Waals surface area contributed by atoms with Crippen LogP contribution in [-0.4, -0.2) is 33.7 Å². The number of hydrogen-bond donors (Lipinski definition) is 0. The first-order chi connectivity index (χ1) is 22.1. The summed E-state index contributed by atoms with van der Waals surface area (Å²) in [6.45, 7) is 20.4. The maximum atomic E-state index is 6.56. The van der Waals surface area contributed by atoms with Crippen molar-refractivity contribution in [3.8, 4) is 17.2 Å². The lowest BCUT2D eigenvalue weighted by Gasteiger charge is -2.46. The molecule has 4 aromatic carbocycles. The van der Waals surface area contributed by atoms with E-state index in [1.165, 1.54) is 33.6 Å². The first kappa shape index (κ1) is 32.0. The zero-order valence-electron chi connectivity index (χ0n) is 28.8. The number of fused-ring (bicyclic) bond motifs is 1. The van der Waals surface area contributed by atoms with Gasteiger partial charge in [0.25, 0.3) is 0 Å². The molecule has 0 spiro atoms. The van der Waals surface area contributed by atoms with E-state index in [0.29, 0.717) is 35.2 Å². The fourth-order valence-corrected chi connectivity index (χ4v) is 7.13. The van der Waals surface area contributed by atoms with Crippen molar-refractivity contribution in [3.63, 3.8) is 0 Å². The smallest absolute Gasteiger partial charge is 0.490 e. The number of anilines is 2. The van der Waals surface area contributed by atoms with Crippen molar-refractivity contribution >= 4 is 31.0 Å². The Morgan fingerprint density at radius 1 is 0.565 bits per heavy atom. The van der Waals surface area contributed by atoms with Gasteiger partial charge in [0.15, 0.2) is 0 Å². The van der Waals surface area contributed by atoms with Gasteiger partial charge in [-0.3, -0.25) is 0 Å². The fraction of sp³-hybridized carbons (Fsp3) is 0.385. The molecule has 2 aliphatic rings. The highest BCUT2D eigenvalue weighted by molar-refractivity contribution is 6.78. The SMILES string of the molecule is CC(C)c1cccc(C(C)C)c1N1CCN(c2c(C(C)C)cccc2C(C)C)B(c2ccccc2OB2Oc3ccccc3O2)C1. The second-order valence-electron chi connectivity index (χ2n) is 14.0. The van der Waals surface area contributed by atoms with Crippen molar-refractivity contribution in [2.75, 3.05) is 29.2 Å². The Hall–Kier alpha value is -3.99. The van der Waals surface area contributed by atoms with E-state index in [0.717, 1.165) is 30.7 Å². The summed E-state index contributed by atoms with van der Waals surface area (Å²) in [4.78, 5) is 5.32. The Kier molecular flexibility index (Phi) is 9.31. The van der Waals surface area contributed by atoms with Crippen LogP contribution in [0, 0.1) is 0 Å². The van der Waals surface area contributed by atoms with Gasteiger partial charge in [0.05, 0.1) is 0 Å². The van der Waals surface area contributed by atoms with Gasteiger partial charge in [0.1, 0.15) is 17.2 Å². The largest absolute Gasteiger partial charge is 0.864 e. The lowest BCUT2D eigenvalue weighted by atomic mass is 9.51. The number of rotatable bonds is 9. The van der Waals surface area contributed by atoms with Crippen LogP contribution < -0.4 is 29.1 Å². The van der Waals surface area contributed by atoms with E-state index in [1.54, 1.807) is 0 Å². The molecule has 7 heteroatoms. The molecule has 1 fully saturated rings. The van der Waals surface area contributed by atoms with E-state index in [2.05, 4.69) is 120 Å². The molecule has 6 rings (SSSR count). The van der Waals surface area contributed by atoms with Gasteiger partial charge in [-0.25, -0.2) is 0 Å². The first-order valence-corrected chi connectivity index (χ1v) is 17.1. The van der Waals surface area contributed by atoms with Gasteiger partial charge in [-0.2, -0.15) is 0 Å². The fourth-order valence-electron chi connectivity index (χ4n) is 7.13. The average molecular weight is 614 g/mol. The molecule has 0 radical (unpaired) electrons. The Bertz CT molecular complexity index is 1590. The molecule has 0 bridgehead atoms. The minimum Gasteiger partial charge on any atom is -0.490 e. The standard InChI is InChI=1S/C39H48B2N2O3/c1-26(2)30-15-13-16-31(27(3)4)38(30)42-23-24-43(39-32(28(5)6)17-14-18-33(39)29(7)8)40(25-42)34-19-9-10-20-35(34)44-41-45-36-21-11-12-22-37(36)46-41/h9-22,26-29H,23-25H2,1-8H3. The van der Waals surface area contributed by atoms with Crippen LogP contribution in [0.5, 0.6) is 17.2 Å². The number of nitrogens with zero attached hydrogens (tertiary/aromatic N) is 2. The molecule has 0 aliphatic carbocycles. The third kappa shape index (κ3) is 6.21. The molecular weight excluding hydrogens is 566 g/mol. The van der Waals surface area contributed by atoms with Crippen LogP contribution in [-0.2, 0) is 0 Å². The van der Waals surface area contributed by atoms with Gasteiger partial charge in [-0.05, 0) is 69.6 Å². The molecule has 0 unspecified atom stereocenters.